The third kappa shape index (κ3) is 5.24. The lowest BCUT2D eigenvalue weighted by molar-refractivity contribution is 0.102. The van der Waals surface area contributed by atoms with Crippen molar-refractivity contribution in [3.8, 4) is 5.75 Å². The zero-order chi connectivity index (χ0) is 20.5. The van der Waals surface area contributed by atoms with Gasteiger partial charge in [0.25, 0.3) is 5.91 Å². The molecule has 1 aromatic heterocycles. The van der Waals surface area contributed by atoms with Crippen LogP contribution in [0.4, 0.5) is 5.69 Å². The van der Waals surface area contributed by atoms with Crippen molar-refractivity contribution in [2.75, 3.05) is 12.4 Å². The summed E-state index contributed by atoms with van der Waals surface area (Å²) in [6.45, 7) is 9.10. The van der Waals surface area contributed by atoms with Gasteiger partial charge in [0, 0.05) is 17.9 Å². The number of unbranched alkanes of at least 4 members (excludes halogenated alkanes) is 3. The summed E-state index contributed by atoms with van der Waals surface area (Å²) >= 11 is 0. The van der Waals surface area contributed by atoms with E-state index in [0.29, 0.717) is 5.69 Å². The summed E-state index contributed by atoms with van der Waals surface area (Å²) in [6, 6.07) is 5.71. The van der Waals surface area contributed by atoms with Crippen molar-refractivity contribution in [1.29, 1.82) is 0 Å². The van der Waals surface area contributed by atoms with Gasteiger partial charge in [-0.15, -0.1) is 0 Å². The molecule has 2 aromatic rings. The predicted octanol–water partition coefficient (Wildman–Crippen LogP) is 5.63. The topological polar surface area (TPSA) is 56.1 Å². The van der Waals surface area contributed by atoms with Gasteiger partial charge in [0.05, 0.1) is 7.11 Å². The number of nitrogens with zero attached hydrogens (tertiary/aromatic N) is 2. The lowest BCUT2D eigenvalue weighted by Gasteiger charge is -2.11. The summed E-state index contributed by atoms with van der Waals surface area (Å²) in [5.74, 6) is 1.46. The van der Waals surface area contributed by atoms with E-state index in [2.05, 4.69) is 28.7 Å². The van der Waals surface area contributed by atoms with Crippen molar-refractivity contribution in [3.63, 3.8) is 0 Å². The zero-order valence-corrected chi connectivity index (χ0v) is 17.8. The standard InChI is InChI=1S/C23H33N3O2/c1-6-9-10-11-15-26-17(4)22(25-21(26)12-7-2)23(27)24-20-14-13-19(28-5)16-18(20)8-3/h7,12-14,16H,6,8-11,15H2,1-5H3,(H,24,27)/b12-7+. The van der Waals surface area contributed by atoms with Crippen LogP contribution in [-0.4, -0.2) is 22.6 Å². The number of methoxy groups -OCH3 is 1. The SMILES string of the molecule is C/C=C/c1nc(C(=O)Nc2ccc(OC)cc2CC)c(C)n1CCCCCC. The first-order valence-corrected chi connectivity index (χ1v) is 10.2. The number of amides is 1. The van der Waals surface area contributed by atoms with Crippen LogP contribution in [0.25, 0.3) is 6.08 Å². The predicted molar refractivity (Wildman–Crippen MR) is 116 cm³/mol. The van der Waals surface area contributed by atoms with E-state index in [1.807, 2.05) is 44.2 Å². The second-order valence-corrected chi connectivity index (χ2v) is 6.95. The van der Waals surface area contributed by atoms with Gasteiger partial charge in [0.15, 0.2) is 0 Å². The van der Waals surface area contributed by atoms with E-state index in [1.54, 1.807) is 7.11 Å². The number of anilines is 1. The van der Waals surface area contributed by atoms with Crippen LogP contribution in [-0.2, 0) is 13.0 Å². The molecule has 1 aromatic carbocycles. The highest BCUT2D eigenvalue weighted by atomic mass is 16.5. The number of hydrogen-bond donors (Lipinski definition) is 1. The minimum Gasteiger partial charge on any atom is -0.497 e. The maximum absolute atomic E-state index is 13.0. The van der Waals surface area contributed by atoms with Gasteiger partial charge in [-0.05, 0) is 56.5 Å². The molecule has 152 valence electrons. The summed E-state index contributed by atoms with van der Waals surface area (Å²) in [4.78, 5) is 17.6. The lowest BCUT2D eigenvalue weighted by atomic mass is 10.1. The average Bonchev–Trinajstić information content (AvgIpc) is 3.01. The molecule has 0 saturated heterocycles. The van der Waals surface area contributed by atoms with Crippen LogP contribution in [0.15, 0.2) is 24.3 Å². The zero-order valence-electron chi connectivity index (χ0n) is 17.8. The Kier molecular flexibility index (Phi) is 8.30. The molecule has 0 aliphatic rings. The highest BCUT2D eigenvalue weighted by Gasteiger charge is 2.19. The average molecular weight is 384 g/mol. The van der Waals surface area contributed by atoms with Gasteiger partial charge in [-0.3, -0.25) is 4.79 Å². The molecule has 0 fully saturated rings. The molecule has 2 rings (SSSR count). The number of aryl methyl sites for hydroxylation is 1. The van der Waals surface area contributed by atoms with Crippen LogP contribution in [0.3, 0.4) is 0 Å². The molecule has 0 atom stereocenters. The molecule has 0 unspecified atom stereocenters. The van der Waals surface area contributed by atoms with Gasteiger partial charge in [-0.2, -0.15) is 0 Å². The molecule has 0 saturated carbocycles. The Balaban J connectivity index is 2.25. The molecule has 1 N–H and O–H groups in total. The highest BCUT2D eigenvalue weighted by molar-refractivity contribution is 6.04. The van der Waals surface area contributed by atoms with Gasteiger partial charge < -0.3 is 14.6 Å². The highest BCUT2D eigenvalue weighted by Crippen LogP contribution is 2.24. The normalized spacial score (nSPS) is 11.2. The largest absolute Gasteiger partial charge is 0.497 e. The Morgan fingerprint density at radius 3 is 2.68 bits per heavy atom. The fourth-order valence-corrected chi connectivity index (χ4v) is 3.32. The number of carbonyl (C=O) groups is 1. The van der Waals surface area contributed by atoms with E-state index >= 15 is 0 Å². The monoisotopic (exact) mass is 383 g/mol. The minimum atomic E-state index is -0.171. The van der Waals surface area contributed by atoms with Crippen LogP contribution >= 0.6 is 0 Å². The Labute approximate surface area is 168 Å². The van der Waals surface area contributed by atoms with E-state index in [1.165, 1.54) is 19.3 Å². The minimum absolute atomic E-state index is 0.171. The van der Waals surface area contributed by atoms with E-state index in [9.17, 15) is 4.79 Å². The molecule has 1 amide bonds. The van der Waals surface area contributed by atoms with Crippen molar-refractivity contribution in [2.24, 2.45) is 0 Å². The van der Waals surface area contributed by atoms with E-state index in [4.69, 9.17) is 4.74 Å². The van der Waals surface area contributed by atoms with E-state index in [-0.39, 0.29) is 5.91 Å². The van der Waals surface area contributed by atoms with Crippen molar-refractivity contribution < 1.29 is 9.53 Å². The van der Waals surface area contributed by atoms with Gasteiger partial charge >= 0.3 is 0 Å². The first-order chi connectivity index (χ1) is 13.5. The molecule has 0 bridgehead atoms. The Hall–Kier alpha value is -2.56. The smallest absolute Gasteiger partial charge is 0.276 e. The Morgan fingerprint density at radius 1 is 1.25 bits per heavy atom. The molecular formula is C23H33N3O2. The quantitative estimate of drug-likeness (QED) is 0.541. The van der Waals surface area contributed by atoms with E-state index < -0.39 is 0 Å². The van der Waals surface area contributed by atoms with Crippen LogP contribution in [0.5, 0.6) is 5.75 Å². The van der Waals surface area contributed by atoms with Crippen LogP contribution in [0.1, 0.15) is 74.0 Å². The fraction of sp³-hybridized carbons (Fsp3) is 0.478. The third-order valence-corrected chi connectivity index (χ3v) is 4.96. The molecule has 0 spiro atoms. The number of carbonyl (C=O) groups excluding carboxylic acids is 1. The van der Waals surface area contributed by atoms with Crippen LogP contribution < -0.4 is 10.1 Å². The van der Waals surface area contributed by atoms with Crippen LogP contribution in [0.2, 0.25) is 0 Å². The first kappa shape index (κ1) is 21.7. The summed E-state index contributed by atoms with van der Waals surface area (Å²) < 4.78 is 7.44. The molecule has 5 heteroatoms. The van der Waals surface area contributed by atoms with Gasteiger partial charge in [0.1, 0.15) is 17.3 Å². The first-order valence-electron chi connectivity index (χ1n) is 10.2. The number of nitrogens with one attached hydrogen (secondary N) is 1. The number of ether oxygens (including phenoxy) is 1. The summed E-state index contributed by atoms with van der Waals surface area (Å²) in [7, 11) is 1.65. The fourth-order valence-electron chi connectivity index (χ4n) is 3.32. The third-order valence-electron chi connectivity index (χ3n) is 4.96. The molecule has 0 aliphatic heterocycles. The Bertz CT molecular complexity index is 821. The maximum atomic E-state index is 13.0. The summed E-state index contributed by atoms with van der Waals surface area (Å²) in [6.07, 6.45) is 9.46. The second kappa shape index (κ2) is 10.7. The number of benzene rings is 1. The number of imidazole rings is 1. The van der Waals surface area contributed by atoms with E-state index in [0.717, 1.165) is 47.9 Å². The number of allylic oxidation sites excluding steroid dienone is 1. The molecule has 0 aliphatic carbocycles. The molecule has 5 nitrogen and oxygen atoms in total. The second-order valence-electron chi connectivity index (χ2n) is 6.95. The van der Waals surface area contributed by atoms with Crippen molar-refractivity contribution in [1.82, 2.24) is 9.55 Å². The van der Waals surface area contributed by atoms with Gasteiger partial charge in [0.2, 0.25) is 0 Å². The lowest BCUT2D eigenvalue weighted by Crippen LogP contribution is -2.15. The number of rotatable bonds is 10. The number of aromatic nitrogens is 2. The van der Waals surface area contributed by atoms with Crippen LogP contribution in [0, 0.1) is 6.92 Å². The van der Waals surface area contributed by atoms with Gasteiger partial charge in [-0.25, -0.2) is 4.98 Å². The van der Waals surface area contributed by atoms with Crippen molar-refractivity contribution in [2.45, 2.75) is 66.3 Å². The van der Waals surface area contributed by atoms with Gasteiger partial charge in [-0.1, -0.05) is 39.2 Å². The maximum Gasteiger partial charge on any atom is 0.276 e. The van der Waals surface area contributed by atoms with Crippen molar-refractivity contribution in [3.05, 3.63) is 47.1 Å². The Morgan fingerprint density at radius 2 is 2.04 bits per heavy atom. The molecule has 1 heterocycles. The molecule has 0 radical (unpaired) electrons. The molecular weight excluding hydrogens is 350 g/mol. The summed E-state index contributed by atoms with van der Waals surface area (Å²) in [5, 5.41) is 3.03. The molecule has 28 heavy (non-hydrogen) atoms. The van der Waals surface area contributed by atoms with Crippen molar-refractivity contribution >= 4 is 17.7 Å². The number of hydrogen-bond acceptors (Lipinski definition) is 3. The summed E-state index contributed by atoms with van der Waals surface area (Å²) in [5.41, 5.74) is 3.24.